The van der Waals surface area contributed by atoms with Gasteiger partial charge in [0.15, 0.2) is 0 Å². The Morgan fingerprint density at radius 1 is 1.61 bits per heavy atom. The van der Waals surface area contributed by atoms with Crippen LogP contribution >= 0.6 is 11.3 Å². The third-order valence-electron chi connectivity index (χ3n) is 2.44. The smallest absolute Gasteiger partial charge is 0.343 e. The number of thiophene rings is 1. The molecule has 1 aromatic heterocycles. The highest BCUT2D eigenvalue weighted by Crippen LogP contribution is 2.35. The Bertz CT molecular complexity index is 474. The molecule has 0 spiro atoms. The van der Waals surface area contributed by atoms with Crippen molar-refractivity contribution in [2.45, 2.75) is 20.3 Å². The molecule has 0 atom stereocenters. The van der Waals surface area contributed by atoms with Crippen molar-refractivity contribution in [1.29, 1.82) is 5.26 Å². The van der Waals surface area contributed by atoms with Crippen LogP contribution in [0.3, 0.4) is 0 Å². The number of carbonyl (C=O) groups is 1. The van der Waals surface area contributed by atoms with E-state index in [2.05, 4.69) is 23.9 Å². The number of nitriles is 1. The Balaban J connectivity index is 2.96. The summed E-state index contributed by atoms with van der Waals surface area (Å²) in [6, 6.07) is 1.98. The maximum absolute atomic E-state index is 11.6. The summed E-state index contributed by atoms with van der Waals surface area (Å²) >= 11 is 1.18. The highest BCUT2D eigenvalue weighted by Gasteiger charge is 2.22. The lowest BCUT2D eigenvalue weighted by Gasteiger charge is -2.08. The van der Waals surface area contributed by atoms with Crippen molar-refractivity contribution < 1.29 is 9.53 Å². The first-order chi connectivity index (χ1) is 8.51. The summed E-state index contributed by atoms with van der Waals surface area (Å²) in [7, 11) is 1.30. The zero-order chi connectivity index (χ0) is 13.7. The van der Waals surface area contributed by atoms with Gasteiger partial charge in [0.2, 0.25) is 0 Å². The molecule has 5 nitrogen and oxygen atoms in total. The zero-order valence-corrected chi connectivity index (χ0v) is 11.6. The Morgan fingerprint density at radius 3 is 2.78 bits per heavy atom. The summed E-state index contributed by atoms with van der Waals surface area (Å²) in [5.41, 5.74) is 6.23. The number of hydrogen-bond acceptors (Lipinski definition) is 6. The molecule has 0 aliphatic carbocycles. The summed E-state index contributed by atoms with van der Waals surface area (Å²) in [6.07, 6.45) is 0.973. The van der Waals surface area contributed by atoms with Crippen molar-refractivity contribution in [3.63, 3.8) is 0 Å². The van der Waals surface area contributed by atoms with Crippen molar-refractivity contribution in [2.24, 2.45) is 5.92 Å². The summed E-state index contributed by atoms with van der Waals surface area (Å²) in [6.45, 7) is 4.96. The van der Waals surface area contributed by atoms with Crippen LogP contribution in [0, 0.1) is 17.2 Å². The lowest BCUT2D eigenvalue weighted by Crippen LogP contribution is -2.10. The van der Waals surface area contributed by atoms with Crippen molar-refractivity contribution >= 4 is 28.0 Å². The summed E-state index contributed by atoms with van der Waals surface area (Å²) < 4.78 is 4.68. The normalized spacial score (nSPS) is 10.2. The van der Waals surface area contributed by atoms with E-state index in [1.165, 1.54) is 18.4 Å². The first kappa shape index (κ1) is 14.3. The number of nitrogens with one attached hydrogen (secondary N) is 1. The highest BCUT2D eigenvalue weighted by molar-refractivity contribution is 7.17. The molecule has 1 rings (SSSR count). The Morgan fingerprint density at radius 2 is 2.28 bits per heavy atom. The number of esters is 1. The molecule has 3 N–H and O–H groups in total. The van der Waals surface area contributed by atoms with Crippen LogP contribution < -0.4 is 11.1 Å². The van der Waals surface area contributed by atoms with Crippen LogP contribution in [0.2, 0.25) is 0 Å². The topological polar surface area (TPSA) is 88.1 Å². The molecule has 1 aromatic rings. The molecule has 98 valence electrons. The van der Waals surface area contributed by atoms with Crippen LogP contribution in [0.15, 0.2) is 0 Å². The number of hydrogen-bond donors (Lipinski definition) is 2. The van der Waals surface area contributed by atoms with E-state index in [1.54, 1.807) is 0 Å². The Labute approximate surface area is 111 Å². The van der Waals surface area contributed by atoms with Gasteiger partial charge in [0, 0.05) is 6.54 Å². The molecular weight excluding hydrogens is 250 g/mol. The first-order valence-electron chi connectivity index (χ1n) is 5.65. The van der Waals surface area contributed by atoms with Crippen molar-refractivity contribution in [3.8, 4) is 6.07 Å². The van der Waals surface area contributed by atoms with E-state index in [0.717, 1.165) is 13.0 Å². The number of anilines is 2. The molecule has 0 radical (unpaired) electrons. The zero-order valence-electron chi connectivity index (χ0n) is 10.7. The molecule has 6 heteroatoms. The maximum atomic E-state index is 11.6. The molecule has 0 aliphatic heterocycles. The molecule has 1 heterocycles. The van der Waals surface area contributed by atoms with Gasteiger partial charge in [-0.15, -0.1) is 11.3 Å². The third-order valence-corrected chi connectivity index (χ3v) is 3.51. The number of nitrogen functional groups attached to an aromatic ring is 1. The predicted molar refractivity (Wildman–Crippen MR) is 72.7 cm³/mol. The second-order valence-electron chi connectivity index (χ2n) is 4.26. The van der Waals surface area contributed by atoms with Crippen LogP contribution in [0.25, 0.3) is 0 Å². The highest BCUT2D eigenvalue weighted by atomic mass is 32.1. The van der Waals surface area contributed by atoms with Gasteiger partial charge in [-0.1, -0.05) is 13.8 Å². The largest absolute Gasteiger partial charge is 0.465 e. The minimum absolute atomic E-state index is 0.196. The minimum atomic E-state index is -0.516. The number of methoxy groups -OCH3 is 1. The van der Waals surface area contributed by atoms with Gasteiger partial charge in [0.25, 0.3) is 0 Å². The second kappa shape index (κ2) is 6.26. The van der Waals surface area contributed by atoms with E-state index in [1.807, 2.05) is 6.07 Å². The van der Waals surface area contributed by atoms with Gasteiger partial charge < -0.3 is 15.8 Å². The Hall–Kier alpha value is -1.74. The summed E-state index contributed by atoms with van der Waals surface area (Å²) in [5, 5.41) is 12.7. The van der Waals surface area contributed by atoms with E-state index in [4.69, 9.17) is 11.0 Å². The van der Waals surface area contributed by atoms with Gasteiger partial charge in [-0.2, -0.15) is 5.26 Å². The van der Waals surface area contributed by atoms with E-state index >= 15 is 0 Å². The van der Waals surface area contributed by atoms with E-state index < -0.39 is 5.97 Å². The first-order valence-corrected chi connectivity index (χ1v) is 6.47. The number of nitrogens with zero attached hydrogens (tertiary/aromatic N) is 1. The molecule has 0 fully saturated rings. The minimum Gasteiger partial charge on any atom is -0.465 e. The fourth-order valence-corrected chi connectivity index (χ4v) is 2.36. The summed E-state index contributed by atoms with van der Waals surface area (Å²) in [4.78, 5) is 12.0. The van der Waals surface area contributed by atoms with Crippen molar-refractivity contribution in [2.75, 3.05) is 24.7 Å². The number of rotatable bonds is 5. The van der Waals surface area contributed by atoms with Crippen LogP contribution in [-0.2, 0) is 4.74 Å². The van der Waals surface area contributed by atoms with Crippen LogP contribution in [-0.4, -0.2) is 19.6 Å². The lowest BCUT2D eigenvalue weighted by molar-refractivity contribution is 0.0603. The van der Waals surface area contributed by atoms with Crippen LogP contribution in [0.5, 0.6) is 0 Å². The average Bonchev–Trinajstić information content (AvgIpc) is 2.64. The lowest BCUT2D eigenvalue weighted by atomic mass is 10.1. The molecule has 0 aliphatic rings. The molecule has 0 bridgehead atoms. The molecule has 0 amide bonds. The third kappa shape index (κ3) is 3.14. The number of nitrogens with two attached hydrogens (primary N) is 1. The second-order valence-corrected chi connectivity index (χ2v) is 5.28. The monoisotopic (exact) mass is 267 g/mol. The SMILES string of the molecule is COC(=O)c1c(NCCC(C)C)sc(C#N)c1N. The van der Waals surface area contributed by atoms with Gasteiger partial charge in [-0.25, -0.2) is 4.79 Å². The molecular formula is C12H17N3O2S. The van der Waals surface area contributed by atoms with E-state index in [0.29, 0.717) is 15.8 Å². The molecule has 0 unspecified atom stereocenters. The summed E-state index contributed by atoms with van der Waals surface area (Å²) in [5.74, 6) is 0.0455. The van der Waals surface area contributed by atoms with Crippen LogP contribution in [0.1, 0.15) is 35.5 Å². The van der Waals surface area contributed by atoms with Gasteiger partial charge in [-0.05, 0) is 12.3 Å². The number of ether oxygens (including phenoxy) is 1. The molecule has 0 saturated carbocycles. The fourth-order valence-electron chi connectivity index (χ4n) is 1.43. The molecule has 0 aromatic carbocycles. The van der Waals surface area contributed by atoms with Crippen molar-refractivity contribution in [1.82, 2.24) is 0 Å². The van der Waals surface area contributed by atoms with Crippen LogP contribution in [0.4, 0.5) is 10.7 Å². The standard InChI is InChI=1S/C12H17N3O2S/c1-7(2)4-5-15-11-9(12(16)17-3)10(14)8(6-13)18-11/h7,15H,4-5,14H2,1-3H3. The van der Waals surface area contributed by atoms with Crippen molar-refractivity contribution in [3.05, 3.63) is 10.4 Å². The average molecular weight is 267 g/mol. The maximum Gasteiger partial charge on any atom is 0.343 e. The molecule has 18 heavy (non-hydrogen) atoms. The van der Waals surface area contributed by atoms with E-state index in [9.17, 15) is 4.79 Å². The molecule has 0 saturated heterocycles. The van der Waals surface area contributed by atoms with Gasteiger partial charge in [-0.3, -0.25) is 0 Å². The van der Waals surface area contributed by atoms with E-state index in [-0.39, 0.29) is 11.3 Å². The van der Waals surface area contributed by atoms with Gasteiger partial charge in [0.1, 0.15) is 21.5 Å². The number of carbonyl (C=O) groups excluding carboxylic acids is 1. The predicted octanol–water partition coefficient (Wildman–Crippen LogP) is 2.45. The van der Waals surface area contributed by atoms with Gasteiger partial charge in [0.05, 0.1) is 12.8 Å². The Kier molecular flexibility index (Phi) is 4.98. The van der Waals surface area contributed by atoms with Gasteiger partial charge >= 0.3 is 5.97 Å². The quantitative estimate of drug-likeness (QED) is 0.800. The fraction of sp³-hybridized carbons (Fsp3) is 0.500.